The predicted molar refractivity (Wildman–Crippen MR) is 84.3 cm³/mol. The number of fused-ring (bicyclic) bond motifs is 1. The van der Waals surface area contributed by atoms with Gasteiger partial charge >= 0.3 is 0 Å². The maximum Gasteiger partial charge on any atom is 0.162 e. The van der Waals surface area contributed by atoms with Crippen LogP contribution in [-0.2, 0) is 6.54 Å². The second-order valence-electron chi connectivity index (χ2n) is 5.46. The number of hydrogen-bond donors (Lipinski definition) is 0. The highest BCUT2D eigenvalue weighted by atomic mass is 32.2. The molecule has 0 aliphatic heterocycles. The highest BCUT2D eigenvalue weighted by Gasteiger charge is 2.22. The Balaban J connectivity index is 1.63. The molecule has 1 aliphatic rings. The number of rotatable bonds is 5. The summed E-state index contributed by atoms with van der Waals surface area (Å²) in [7, 11) is 0. The number of aromatic nitrogens is 4. The Bertz CT molecular complexity index is 749. The van der Waals surface area contributed by atoms with Gasteiger partial charge in [-0.15, -0.1) is 11.8 Å². The summed E-state index contributed by atoms with van der Waals surface area (Å²) in [6.07, 6.45) is 6.29. The smallest absolute Gasteiger partial charge is 0.162 e. The topological polar surface area (TPSA) is 43.6 Å². The van der Waals surface area contributed by atoms with Gasteiger partial charge in [0, 0.05) is 5.75 Å². The van der Waals surface area contributed by atoms with E-state index in [0.717, 1.165) is 34.3 Å². The maximum absolute atomic E-state index is 4.49. The molecule has 21 heavy (non-hydrogen) atoms. The molecular formula is C16H16N4S. The van der Waals surface area contributed by atoms with Gasteiger partial charge in [-0.25, -0.2) is 14.6 Å². The quantitative estimate of drug-likeness (QED) is 0.535. The molecule has 0 radical (unpaired) electrons. The van der Waals surface area contributed by atoms with E-state index in [1.807, 2.05) is 40.8 Å². The number of benzene rings is 1. The molecule has 0 bridgehead atoms. The lowest BCUT2D eigenvalue weighted by molar-refractivity contribution is 0.703. The van der Waals surface area contributed by atoms with E-state index in [2.05, 4.69) is 27.2 Å². The first-order chi connectivity index (χ1) is 10.4. The fourth-order valence-electron chi connectivity index (χ4n) is 2.34. The minimum Gasteiger partial charge on any atom is -0.243 e. The van der Waals surface area contributed by atoms with Crippen LogP contribution in [0.2, 0.25) is 0 Å². The number of thioether (sulfide) groups is 1. The van der Waals surface area contributed by atoms with Crippen LogP contribution in [0.25, 0.3) is 11.0 Å². The summed E-state index contributed by atoms with van der Waals surface area (Å²) < 4.78 is 1.95. The van der Waals surface area contributed by atoms with E-state index in [1.54, 1.807) is 6.33 Å². The zero-order valence-electron chi connectivity index (χ0n) is 11.6. The van der Waals surface area contributed by atoms with Crippen LogP contribution in [0.15, 0.2) is 47.9 Å². The third-order valence-electron chi connectivity index (χ3n) is 3.72. The zero-order valence-corrected chi connectivity index (χ0v) is 12.5. The van der Waals surface area contributed by atoms with Gasteiger partial charge < -0.3 is 0 Å². The monoisotopic (exact) mass is 296 g/mol. The van der Waals surface area contributed by atoms with Gasteiger partial charge in [0.25, 0.3) is 0 Å². The largest absolute Gasteiger partial charge is 0.243 e. The molecule has 1 aromatic carbocycles. The maximum atomic E-state index is 4.49. The number of hydrogen-bond acceptors (Lipinski definition) is 4. The third kappa shape index (κ3) is 2.78. The summed E-state index contributed by atoms with van der Waals surface area (Å²) in [6.45, 7) is 0.744. The first kappa shape index (κ1) is 12.8. The molecule has 0 spiro atoms. The second-order valence-corrected chi connectivity index (χ2v) is 6.47. The van der Waals surface area contributed by atoms with E-state index in [4.69, 9.17) is 0 Å². The van der Waals surface area contributed by atoms with Gasteiger partial charge in [-0.1, -0.05) is 30.3 Å². The fourth-order valence-corrected chi connectivity index (χ4v) is 3.49. The lowest BCUT2D eigenvalue weighted by atomic mass is 10.2. The van der Waals surface area contributed by atoms with Gasteiger partial charge in [0.2, 0.25) is 0 Å². The Morgan fingerprint density at radius 3 is 2.81 bits per heavy atom. The van der Waals surface area contributed by atoms with Crippen LogP contribution >= 0.6 is 11.8 Å². The van der Waals surface area contributed by atoms with Crippen molar-refractivity contribution in [3.05, 3.63) is 48.4 Å². The normalized spacial score (nSPS) is 14.7. The van der Waals surface area contributed by atoms with Crippen LogP contribution in [0.5, 0.6) is 0 Å². The van der Waals surface area contributed by atoms with Gasteiger partial charge in [0.1, 0.15) is 11.4 Å². The Kier molecular flexibility index (Phi) is 3.35. The van der Waals surface area contributed by atoms with E-state index < -0.39 is 0 Å². The van der Waals surface area contributed by atoms with E-state index in [-0.39, 0.29) is 0 Å². The Hall–Kier alpha value is -1.88. The highest BCUT2D eigenvalue weighted by molar-refractivity contribution is 7.99. The van der Waals surface area contributed by atoms with Crippen molar-refractivity contribution in [3.63, 3.8) is 0 Å². The van der Waals surface area contributed by atoms with Crippen molar-refractivity contribution in [2.75, 3.05) is 5.75 Å². The minimum atomic E-state index is 0.744. The molecule has 0 saturated heterocycles. The van der Waals surface area contributed by atoms with Crippen molar-refractivity contribution < 1.29 is 0 Å². The van der Waals surface area contributed by atoms with Gasteiger partial charge in [-0.2, -0.15) is 5.10 Å². The summed E-state index contributed by atoms with van der Waals surface area (Å²) in [5.41, 5.74) is 2.15. The van der Waals surface area contributed by atoms with Crippen LogP contribution in [-0.4, -0.2) is 25.5 Å². The van der Waals surface area contributed by atoms with E-state index >= 15 is 0 Å². The summed E-state index contributed by atoms with van der Waals surface area (Å²) in [5, 5.41) is 6.62. The molecule has 2 heterocycles. The Labute approximate surface area is 127 Å². The highest BCUT2D eigenvalue weighted by Crippen LogP contribution is 2.36. The van der Waals surface area contributed by atoms with Crippen LogP contribution in [0, 0.1) is 5.92 Å². The first-order valence-corrected chi connectivity index (χ1v) is 8.22. The fraction of sp³-hybridized carbons (Fsp3) is 0.312. The summed E-state index contributed by atoms with van der Waals surface area (Å²) in [4.78, 5) is 8.84. The molecule has 1 aliphatic carbocycles. The molecule has 2 aromatic heterocycles. The average Bonchev–Trinajstić information content (AvgIpc) is 3.27. The molecule has 106 valence electrons. The average molecular weight is 296 g/mol. The van der Waals surface area contributed by atoms with Crippen molar-refractivity contribution in [2.24, 2.45) is 5.92 Å². The van der Waals surface area contributed by atoms with Crippen molar-refractivity contribution in [1.29, 1.82) is 0 Å². The standard InChI is InChI=1S/C16H16N4S/c1-2-4-12(5-3-1)9-20-15-14(8-19-20)16(18-11-17-15)21-10-13-6-7-13/h1-5,8,11,13H,6-7,9-10H2. The van der Waals surface area contributed by atoms with Crippen LogP contribution in [0.3, 0.4) is 0 Å². The van der Waals surface area contributed by atoms with Crippen LogP contribution < -0.4 is 0 Å². The Morgan fingerprint density at radius 1 is 1.14 bits per heavy atom. The molecule has 4 nitrogen and oxygen atoms in total. The molecule has 1 fully saturated rings. The van der Waals surface area contributed by atoms with Crippen molar-refractivity contribution >= 4 is 22.8 Å². The minimum absolute atomic E-state index is 0.744. The molecule has 1 saturated carbocycles. The van der Waals surface area contributed by atoms with E-state index in [9.17, 15) is 0 Å². The SMILES string of the molecule is c1ccc(Cn2ncc3c(SCC4CC4)ncnc32)cc1. The first-order valence-electron chi connectivity index (χ1n) is 7.23. The molecule has 0 N–H and O–H groups in total. The summed E-state index contributed by atoms with van der Waals surface area (Å²) in [5.74, 6) is 2.05. The second kappa shape index (κ2) is 5.48. The van der Waals surface area contributed by atoms with Crippen molar-refractivity contribution in [2.45, 2.75) is 24.4 Å². The van der Waals surface area contributed by atoms with Gasteiger partial charge in [0.15, 0.2) is 5.65 Å². The Morgan fingerprint density at radius 2 is 2.00 bits per heavy atom. The van der Waals surface area contributed by atoms with Gasteiger partial charge in [-0.05, 0) is 24.3 Å². The van der Waals surface area contributed by atoms with Crippen LogP contribution in [0.1, 0.15) is 18.4 Å². The number of nitrogens with zero attached hydrogens (tertiary/aromatic N) is 4. The molecular weight excluding hydrogens is 280 g/mol. The molecule has 3 aromatic rings. The van der Waals surface area contributed by atoms with E-state index in [1.165, 1.54) is 18.4 Å². The van der Waals surface area contributed by atoms with Crippen molar-refractivity contribution in [1.82, 2.24) is 19.7 Å². The molecule has 0 unspecified atom stereocenters. The lowest BCUT2D eigenvalue weighted by Gasteiger charge is -2.04. The lowest BCUT2D eigenvalue weighted by Crippen LogP contribution is -2.02. The predicted octanol–water partition coefficient (Wildman–Crippen LogP) is 3.38. The summed E-state index contributed by atoms with van der Waals surface area (Å²) in [6, 6.07) is 10.3. The zero-order chi connectivity index (χ0) is 14.1. The third-order valence-corrected chi connectivity index (χ3v) is 4.96. The molecule has 4 rings (SSSR count). The molecule has 0 atom stereocenters. The van der Waals surface area contributed by atoms with Gasteiger partial charge in [-0.3, -0.25) is 0 Å². The van der Waals surface area contributed by atoms with Gasteiger partial charge in [0.05, 0.1) is 18.1 Å². The molecule has 5 heteroatoms. The molecule has 0 amide bonds. The van der Waals surface area contributed by atoms with Crippen LogP contribution in [0.4, 0.5) is 0 Å². The van der Waals surface area contributed by atoms with E-state index in [0.29, 0.717) is 0 Å². The summed E-state index contributed by atoms with van der Waals surface area (Å²) >= 11 is 1.84. The van der Waals surface area contributed by atoms with Crippen molar-refractivity contribution in [3.8, 4) is 0 Å².